The molecular formula is C35H51N3O4S. The molecule has 2 unspecified atom stereocenters. The molecule has 1 spiro atoms. The number of carbonyl (C=O) groups is 3. The molecule has 3 amide bonds. The summed E-state index contributed by atoms with van der Waals surface area (Å²) in [4.78, 5) is 49.3. The molecule has 0 saturated carbocycles. The summed E-state index contributed by atoms with van der Waals surface area (Å²) in [7, 11) is 0. The van der Waals surface area contributed by atoms with Crippen LogP contribution in [0, 0.1) is 17.3 Å². The molecule has 8 heteroatoms. The zero-order valence-corrected chi connectivity index (χ0v) is 28.0. The maximum atomic E-state index is 14.9. The SMILES string of the molecule is C=CCN(Cc1ccccc1)C(=O)[C@@H]1[C@H]2C(=O)N([C@H](C)CO)C(C(=O)N(CC=C)C(C)(C)CC(C)(C)C)C23CC[C@@]1(C)S3. The zero-order chi connectivity index (χ0) is 32.0. The van der Waals surface area contributed by atoms with Gasteiger partial charge in [0.15, 0.2) is 0 Å². The van der Waals surface area contributed by atoms with Gasteiger partial charge in [0.1, 0.15) is 6.04 Å². The quantitative estimate of drug-likeness (QED) is 0.326. The average molecular weight is 610 g/mol. The standard InChI is InChI=1S/C35H51N3O4S/c1-10-19-36(21-25-15-13-12-14-16-25)29(40)26-27-30(41)38(24(3)22-39)28(35(27)18-17-34(26,9)43-35)31(42)37(20-11-2)33(7,8)23-32(4,5)6/h10-16,24,26-28,39H,1-2,17-23H2,3-9H3/t24-,26+,27+,28?,34-,35?/m1/s1. The maximum absolute atomic E-state index is 14.9. The summed E-state index contributed by atoms with van der Waals surface area (Å²) in [6.07, 6.45) is 5.64. The Balaban J connectivity index is 1.79. The van der Waals surface area contributed by atoms with Crippen molar-refractivity contribution in [2.24, 2.45) is 17.3 Å². The highest BCUT2D eigenvalue weighted by atomic mass is 32.2. The van der Waals surface area contributed by atoms with Crippen LogP contribution in [-0.4, -0.2) is 84.3 Å². The van der Waals surface area contributed by atoms with E-state index < -0.39 is 39.0 Å². The maximum Gasteiger partial charge on any atom is 0.247 e. The lowest BCUT2D eigenvalue weighted by molar-refractivity contribution is -0.149. The minimum absolute atomic E-state index is 0.0352. The number of likely N-dealkylation sites (tertiary alicyclic amines) is 1. The van der Waals surface area contributed by atoms with E-state index in [-0.39, 0.29) is 29.7 Å². The number of amides is 3. The molecule has 1 aromatic carbocycles. The number of aliphatic hydroxyl groups is 1. The van der Waals surface area contributed by atoms with E-state index in [2.05, 4.69) is 54.7 Å². The molecule has 3 saturated heterocycles. The highest BCUT2D eigenvalue weighted by Gasteiger charge is 2.78. The molecule has 0 radical (unpaired) electrons. The molecule has 43 heavy (non-hydrogen) atoms. The van der Waals surface area contributed by atoms with Crippen molar-refractivity contribution >= 4 is 29.5 Å². The Labute approximate surface area is 262 Å². The van der Waals surface area contributed by atoms with E-state index in [9.17, 15) is 19.5 Å². The summed E-state index contributed by atoms with van der Waals surface area (Å²) >= 11 is 1.67. The molecule has 0 aliphatic carbocycles. The average Bonchev–Trinajstić information content (AvgIpc) is 3.50. The smallest absolute Gasteiger partial charge is 0.247 e. The van der Waals surface area contributed by atoms with Crippen LogP contribution in [-0.2, 0) is 20.9 Å². The van der Waals surface area contributed by atoms with Gasteiger partial charge in [-0.1, -0.05) is 63.3 Å². The van der Waals surface area contributed by atoms with E-state index in [0.29, 0.717) is 26.1 Å². The molecule has 3 aliphatic rings. The van der Waals surface area contributed by atoms with Gasteiger partial charge in [0.2, 0.25) is 17.7 Å². The van der Waals surface area contributed by atoms with E-state index in [1.165, 1.54) is 0 Å². The fourth-order valence-corrected chi connectivity index (χ4v) is 10.6. The third-order valence-corrected chi connectivity index (χ3v) is 11.6. The van der Waals surface area contributed by atoms with Gasteiger partial charge in [0, 0.05) is 29.9 Å². The molecular weight excluding hydrogens is 558 g/mol. The van der Waals surface area contributed by atoms with Crippen LogP contribution in [0.25, 0.3) is 0 Å². The van der Waals surface area contributed by atoms with Crippen molar-refractivity contribution in [3.8, 4) is 0 Å². The van der Waals surface area contributed by atoms with Crippen LogP contribution in [0.2, 0.25) is 0 Å². The lowest BCUT2D eigenvalue weighted by atomic mass is 9.66. The van der Waals surface area contributed by atoms with Crippen LogP contribution in [0.1, 0.15) is 73.3 Å². The Morgan fingerprint density at radius 1 is 1.09 bits per heavy atom. The van der Waals surface area contributed by atoms with Gasteiger partial charge < -0.3 is 19.8 Å². The predicted octanol–water partition coefficient (Wildman–Crippen LogP) is 5.29. The van der Waals surface area contributed by atoms with Crippen molar-refractivity contribution in [1.82, 2.24) is 14.7 Å². The molecule has 3 heterocycles. The highest BCUT2D eigenvalue weighted by molar-refractivity contribution is 8.02. The Morgan fingerprint density at radius 2 is 1.72 bits per heavy atom. The first-order chi connectivity index (χ1) is 20.1. The topological polar surface area (TPSA) is 81.2 Å². The number of hydrogen-bond acceptors (Lipinski definition) is 5. The molecule has 1 N–H and O–H groups in total. The van der Waals surface area contributed by atoms with Crippen molar-refractivity contribution in [3.63, 3.8) is 0 Å². The number of rotatable bonds is 12. The first kappa shape index (κ1) is 33.3. The predicted molar refractivity (Wildman–Crippen MR) is 174 cm³/mol. The summed E-state index contributed by atoms with van der Waals surface area (Å²) in [5.74, 6) is -1.61. The number of carbonyl (C=O) groups excluding carboxylic acids is 3. The van der Waals surface area contributed by atoms with E-state index in [1.807, 2.05) is 35.2 Å². The lowest BCUT2D eigenvalue weighted by Crippen LogP contribution is -2.61. The largest absolute Gasteiger partial charge is 0.394 e. The summed E-state index contributed by atoms with van der Waals surface area (Å²) in [5.41, 5.74) is 0.467. The van der Waals surface area contributed by atoms with Gasteiger partial charge in [-0.05, 0) is 57.9 Å². The van der Waals surface area contributed by atoms with Crippen LogP contribution < -0.4 is 0 Å². The van der Waals surface area contributed by atoms with Crippen LogP contribution in [0.15, 0.2) is 55.6 Å². The number of aliphatic hydroxyl groups excluding tert-OH is 1. The van der Waals surface area contributed by atoms with E-state index in [0.717, 1.165) is 18.4 Å². The summed E-state index contributed by atoms with van der Waals surface area (Å²) in [5, 5.41) is 10.3. The lowest BCUT2D eigenvalue weighted by Gasteiger charge is -2.46. The van der Waals surface area contributed by atoms with Crippen LogP contribution >= 0.6 is 11.8 Å². The van der Waals surface area contributed by atoms with Crippen LogP contribution in [0.5, 0.6) is 0 Å². The Kier molecular flexibility index (Phi) is 9.35. The zero-order valence-electron chi connectivity index (χ0n) is 27.1. The fraction of sp³-hybridized carbons (Fsp3) is 0.629. The number of nitrogens with zero attached hydrogens (tertiary/aromatic N) is 3. The molecule has 236 valence electrons. The van der Waals surface area contributed by atoms with Gasteiger partial charge in [-0.25, -0.2) is 0 Å². The van der Waals surface area contributed by atoms with Gasteiger partial charge in [-0.2, -0.15) is 0 Å². The normalized spacial score (nSPS) is 28.9. The Hall–Kier alpha value is -2.58. The molecule has 7 nitrogen and oxygen atoms in total. The third kappa shape index (κ3) is 5.94. The van der Waals surface area contributed by atoms with E-state index in [1.54, 1.807) is 40.6 Å². The molecule has 4 rings (SSSR count). The summed E-state index contributed by atoms with van der Waals surface area (Å²) < 4.78 is -1.23. The van der Waals surface area contributed by atoms with Gasteiger partial charge in [-0.15, -0.1) is 24.9 Å². The first-order valence-corrected chi connectivity index (χ1v) is 16.4. The molecule has 3 aliphatic heterocycles. The van der Waals surface area contributed by atoms with Gasteiger partial charge >= 0.3 is 0 Å². The van der Waals surface area contributed by atoms with Gasteiger partial charge in [-0.3, -0.25) is 14.4 Å². The highest BCUT2D eigenvalue weighted by Crippen LogP contribution is 2.72. The second-order valence-electron chi connectivity index (χ2n) is 14.8. The monoisotopic (exact) mass is 609 g/mol. The molecule has 2 bridgehead atoms. The van der Waals surface area contributed by atoms with Crippen molar-refractivity contribution in [2.45, 2.75) is 101 Å². The fourth-order valence-electron chi connectivity index (χ4n) is 8.28. The molecule has 6 atom stereocenters. The molecule has 3 fully saturated rings. The van der Waals surface area contributed by atoms with Gasteiger partial charge in [0.05, 0.1) is 29.2 Å². The number of benzene rings is 1. The van der Waals surface area contributed by atoms with Crippen molar-refractivity contribution < 1.29 is 19.5 Å². The second-order valence-corrected chi connectivity index (χ2v) is 16.7. The third-order valence-electron chi connectivity index (χ3n) is 9.60. The van der Waals surface area contributed by atoms with Gasteiger partial charge in [0.25, 0.3) is 0 Å². The Morgan fingerprint density at radius 3 is 2.28 bits per heavy atom. The minimum atomic E-state index is -0.780. The summed E-state index contributed by atoms with van der Waals surface area (Å²) in [6.45, 7) is 23.3. The van der Waals surface area contributed by atoms with Crippen LogP contribution in [0.4, 0.5) is 0 Å². The van der Waals surface area contributed by atoms with Crippen molar-refractivity contribution in [1.29, 1.82) is 0 Å². The number of thioether (sulfide) groups is 1. The van der Waals surface area contributed by atoms with E-state index >= 15 is 0 Å². The number of hydrogen-bond donors (Lipinski definition) is 1. The van der Waals surface area contributed by atoms with Crippen molar-refractivity contribution in [2.75, 3.05) is 19.7 Å². The second kappa shape index (κ2) is 12.1. The van der Waals surface area contributed by atoms with E-state index in [4.69, 9.17) is 0 Å². The number of fused-ring (bicyclic) bond motifs is 1. The minimum Gasteiger partial charge on any atom is -0.394 e. The van der Waals surface area contributed by atoms with Crippen LogP contribution in [0.3, 0.4) is 0 Å². The first-order valence-electron chi connectivity index (χ1n) is 15.6. The molecule has 1 aromatic rings. The van der Waals surface area contributed by atoms with Crippen molar-refractivity contribution in [3.05, 3.63) is 61.2 Å². The Bertz CT molecular complexity index is 1240. The summed E-state index contributed by atoms with van der Waals surface area (Å²) in [6, 6.07) is 8.51. The molecule has 0 aromatic heterocycles.